The molecule has 0 aromatic heterocycles. The molecule has 1 aliphatic carbocycles. The average Bonchev–Trinajstić information content (AvgIpc) is 2.89. The van der Waals surface area contributed by atoms with Crippen molar-refractivity contribution >= 4 is 11.8 Å². The number of carbonyl (C=O) groups excluding carboxylic acids is 1. The van der Waals surface area contributed by atoms with Crippen LogP contribution in [0.3, 0.4) is 0 Å². The van der Waals surface area contributed by atoms with Crippen LogP contribution >= 0.6 is 0 Å². The Labute approximate surface area is 130 Å². The summed E-state index contributed by atoms with van der Waals surface area (Å²) in [7, 11) is 0. The Bertz CT molecular complexity index is 600. The van der Waals surface area contributed by atoms with Crippen molar-refractivity contribution in [1.29, 1.82) is 5.26 Å². The van der Waals surface area contributed by atoms with Crippen LogP contribution in [0.1, 0.15) is 26.3 Å². The van der Waals surface area contributed by atoms with E-state index in [0.717, 1.165) is 18.8 Å². The lowest BCUT2D eigenvalue weighted by atomic mass is 10.2. The normalized spacial score (nSPS) is 26.1. The Morgan fingerprint density at radius 2 is 1.86 bits per heavy atom. The molecule has 1 amide bonds. The molecular weight excluding hydrogens is 278 g/mol. The zero-order valence-electron chi connectivity index (χ0n) is 13.2. The molecule has 1 aromatic carbocycles. The lowest BCUT2D eigenvalue weighted by Crippen LogP contribution is -2.38. The molecule has 1 unspecified atom stereocenters. The van der Waals surface area contributed by atoms with Crippen molar-refractivity contribution in [3.8, 4) is 6.07 Å². The standard InChI is InChI=1S/C17H21N3O2/c1-17(2,3)22-16(21)19-15-13-9-20(10-14(13)15)12-6-4-11(8-18)5-7-12/h4-7,13-15H,9-10H2,1-3H3,(H,19,21)/t13-,14+,15?. The molecule has 1 saturated carbocycles. The third-order valence-corrected chi connectivity index (χ3v) is 4.24. The first-order valence-electron chi connectivity index (χ1n) is 7.62. The van der Waals surface area contributed by atoms with Gasteiger partial charge in [0.05, 0.1) is 11.6 Å². The van der Waals surface area contributed by atoms with Crippen LogP contribution in [0.15, 0.2) is 24.3 Å². The van der Waals surface area contributed by atoms with Gasteiger partial charge in [-0.15, -0.1) is 0 Å². The highest BCUT2D eigenvalue weighted by molar-refractivity contribution is 5.69. The van der Waals surface area contributed by atoms with Gasteiger partial charge in [0.15, 0.2) is 0 Å². The van der Waals surface area contributed by atoms with Crippen molar-refractivity contribution in [3.63, 3.8) is 0 Å². The summed E-state index contributed by atoms with van der Waals surface area (Å²) in [5, 5.41) is 11.8. The van der Waals surface area contributed by atoms with Crippen LogP contribution in [0, 0.1) is 23.2 Å². The number of hydrogen-bond acceptors (Lipinski definition) is 4. The van der Waals surface area contributed by atoms with Crippen molar-refractivity contribution in [3.05, 3.63) is 29.8 Å². The number of carbonyl (C=O) groups is 1. The van der Waals surface area contributed by atoms with Gasteiger partial charge >= 0.3 is 6.09 Å². The fourth-order valence-electron chi connectivity index (χ4n) is 3.14. The number of anilines is 1. The summed E-state index contributed by atoms with van der Waals surface area (Å²) < 4.78 is 5.30. The van der Waals surface area contributed by atoms with Crippen LogP contribution < -0.4 is 10.2 Å². The number of benzene rings is 1. The maximum atomic E-state index is 11.8. The highest BCUT2D eigenvalue weighted by Crippen LogP contribution is 2.46. The van der Waals surface area contributed by atoms with Gasteiger partial charge in [0.1, 0.15) is 5.60 Å². The zero-order chi connectivity index (χ0) is 15.9. The van der Waals surface area contributed by atoms with E-state index in [-0.39, 0.29) is 12.1 Å². The molecule has 3 rings (SSSR count). The largest absolute Gasteiger partial charge is 0.444 e. The van der Waals surface area contributed by atoms with E-state index in [0.29, 0.717) is 17.4 Å². The number of hydrogen-bond donors (Lipinski definition) is 1. The Morgan fingerprint density at radius 3 is 2.36 bits per heavy atom. The van der Waals surface area contributed by atoms with Crippen molar-refractivity contribution < 1.29 is 9.53 Å². The Hall–Kier alpha value is -2.22. The molecule has 0 spiro atoms. The van der Waals surface area contributed by atoms with Crippen LogP contribution in [0.2, 0.25) is 0 Å². The zero-order valence-corrected chi connectivity index (χ0v) is 13.2. The van der Waals surface area contributed by atoms with E-state index < -0.39 is 5.60 Å². The number of alkyl carbamates (subject to hydrolysis) is 1. The van der Waals surface area contributed by atoms with Gasteiger partial charge in [-0.1, -0.05) is 0 Å². The van der Waals surface area contributed by atoms with Gasteiger partial charge in [-0.05, 0) is 45.0 Å². The lowest BCUT2D eigenvalue weighted by molar-refractivity contribution is 0.0518. The van der Waals surface area contributed by atoms with Gasteiger partial charge in [-0.2, -0.15) is 5.26 Å². The van der Waals surface area contributed by atoms with Crippen LogP contribution in [-0.4, -0.2) is 30.8 Å². The molecule has 1 heterocycles. The summed E-state index contributed by atoms with van der Waals surface area (Å²) in [5.41, 5.74) is 1.36. The molecule has 22 heavy (non-hydrogen) atoms. The summed E-state index contributed by atoms with van der Waals surface area (Å²) in [6, 6.07) is 10.0. The first-order chi connectivity index (χ1) is 10.4. The van der Waals surface area contributed by atoms with E-state index in [9.17, 15) is 4.79 Å². The maximum absolute atomic E-state index is 11.8. The van der Waals surface area contributed by atoms with Crippen molar-refractivity contribution in [2.75, 3.05) is 18.0 Å². The highest BCUT2D eigenvalue weighted by atomic mass is 16.6. The molecule has 0 bridgehead atoms. The van der Waals surface area contributed by atoms with Crippen molar-refractivity contribution in [2.24, 2.45) is 11.8 Å². The number of nitrogens with one attached hydrogen (secondary N) is 1. The van der Waals surface area contributed by atoms with Crippen LogP contribution in [0.4, 0.5) is 10.5 Å². The molecule has 1 saturated heterocycles. The van der Waals surface area contributed by atoms with Gasteiger partial charge in [0.2, 0.25) is 0 Å². The van der Waals surface area contributed by atoms with Crippen LogP contribution in [0.25, 0.3) is 0 Å². The SMILES string of the molecule is CC(C)(C)OC(=O)NC1[C@H]2CN(c3ccc(C#N)cc3)C[C@@H]12. The Morgan fingerprint density at radius 1 is 1.27 bits per heavy atom. The molecule has 5 nitrogen and oxygen atoms in total. The summed E-state index contributed by atoms with van der Waals surface area (Å²) in [6.45, 7) is 7.49. The molecule has 5 heteroatoms. The summed E-state index contributed by atoms with van der Waals surface area (Å²) >= 11 is 0. The second-order valence-electron chi connectivity index (χ2n) is 7.06. The van der Waals surface area contributed by atoms with Crippen LogP contribution in [0.5, 0.6) is 0 Å². The molecule has 2 fully saturated rings. The summed E-state index contributed by atoms with van der Waals surface area (Å²) in [4.78, 5) is 14.1. The fraction of sp³-hybridized carbons (Fsp3) is 0.529. The van der Waals surface area contributed by atoms with E-state index in [1.807, 2.05) is 45.0 Å². The van der Waals surface area contributed by atoms with Gasteiger partial charge in [0.25, 0.3) is 0 Å². The fourth-order valence-corrected chi connectivity index (χ4v) is 3.14. The van der Waals surface area contributed by atoms with Crippen molar-refractivity contribution in [2.45, 2.75) is 32.4 Å². The predicted molar refractivity (Wildman–Crippen MR) is 83.5 cm³/mol. The quantitative estimate of drug-likeness (QED) is 0.911. The van der Waals surface area contributed by atoms with E-state index in [1.165, 1.54) is 0 Å². The maximum Gasteiger partial charge on any atom is 0.407 e. The number of amides is 1. The first kappa shape index (κ1) is 14.7. The van der Waals surface area contributed by atoms with Crippen LogP contribution in [-0.2, 0) is 4.74 Å². The molecule has 1 aromatic rings. The molecule has 3 atom stereocenters. The average molecular weight is 299 g/mol. The molecule has 0 radical (unpaired) electrons. The Balaban J connectivity index is 1.51. The molecule has 116 valence electrons. The van der Waals surface area contributed by atoms with E-state index in [1.54, 1.807) is 0 Å². The predicted octanol–water partition coefficient (Wildman–Crippen LogP) is 2.52. The molecule has 1 aliphatic heterocycles. The van der Waals surface area contributed by atoms with E-state index in [4.69, 9.17) is 10.00 Å². The second-order valence-corrected chi connectivity index (χ2v) is 7.06. The number of rotatable bonds is 2. The monoisotopic (exact) mass is 299 g/mol. The number of nitrogens with zero attached hydrogens (tertiary/aromatic N) is 2. The third kappa shape index (κ3) is 3.01. The minimum Gasteiger partial charge on any atom is -0.444 e. The smallest absolute Gasteiger partial charge is 0.407 e. The summed E-state index contributed by atoms with van der Waals surface area (Å²) in [6.07, 6.45) is -0.322. The molecule has 2 aliphatic rings. The number of piperidine rings is 1. The number of ether oxygens (including phenoxy) is 1. The Kier molecular flexibility index (Phi) is 3.48. The third-order valence-electron chi connectivity index (χ3n) is 4.24. The van der Waals surface area contributed by atoms with Gasteiger partial charge in [0, 0.05) is 36.7 Å². The number of fused-ring (bicyclic) bond motifs is 1. The molecular formula is C17H21N3O2. The molecule has 1 N–H and O–H groups in total. The lowest BCUT2D eigenvalue weighted by Gasteiger charge is -2.23. The summed E-state index contributed by atoms with van der Waals surface area (Å²) in [5.74, 6) is 1.01. The van der Waals surface area contributed by atoms with Gasteiger partial charge < -0.3 is 15.0 Å². The van der Waals surface area contributed by atoms with E-state index in [2.05, 4.69) is 16.3 Å². The highest BCUT2D eigenvalue weighted by Gasteiger charge is 2.56. The minimum atomic E-state index is -0.456. The number of nitriles is 1. The topological polar surface area (TPSA) is 65.4 Å². The minimum absolute atomic E-state index is 0.240. The van der Waals surface area contributed by atoms with Crippen molar-refractivity contribution in [1.82, 2.24) is 5.32 Å². The van der Waals surface area contributed by atoms with Gasteiger partial charge in [-0.25, -0.2) is 4.79 Å². The van der Waals surface area contributed by atoms with E-state index >= 15 is 0 Å². The second kappa shape index (κ2) is 5.20. The van der Waals surface area contributed by atoms with Gasteiger partial charge in [-0.3, -0.25) is 0 Å². The first-order valence-corrected chi connectivity index (χ1v) is 7.62.